The minimum Gasteiger partial charge on any atom is -0.406 e. The van der Waals surface area contributed by atoms with Crippen molar-refractivity contribution in [3.63, 3.8) is 0 Å². The highest BCUT2D eigenvalue weighted by Gasteiger charge is 2.30. The topological polar surface area (TPSA) is 81.9 Å². The van der Waals surface area contributed by atoms with Crippen LogP contribution in [0, 0.1) is 0 Å². The van der Waals surface area contributed by atoms with E-state index in [0.29, 0.717) is 11.5 Å². The van der Waals surface area contributed by atoms with Gasteiger partial charge in [0.2, 0.25) is 11.7 Å². The molecule has 1 N–H and O–H groups in total. The third-order valence-electron chi connectivity index (χ3n) is 3.14. The van der Waals surface area contributed by atoms with Gasteiger partial charge < -0.3 is 10.1 Å². The Kier molecular flexibility index (Phi) is 4.83. The molecule has 0 aliphatic heterocycles. The van der Waals surface area contributed by atoms with Gasteiger partial charge in [-0.3, -0.25) is 4.79 Å². The number of halogens is 3. The summed E-state index contributed by atoms with van der Waals surface area (Å²) >= 11 is 0. The summed E-state index contributed by atoms with van der Waals surface area (Å²) in [4.78, 5) is 13.1. The Hall–Kier alpha value is -3.43. The van der Waals surface area contributed by atoms with Crippen LogP contribution >= 0.6 is 0 Å². The zero-order valence-electron chi connectivity index (χ0n) is 13.1. The van der Waals surface area contributed by atoms with Crippen LogP contribution in [0.2, 0.25) is 0 Å². The molecule has 134 valence electrons. The molecule has 1 aromatic heterocycles. The first kappa shape index (κ1) is 17.4. The number of benzene rings is 2. The fourth-order valence-corrected chi connectivity index (χ4v) is 2.08. The van der Waals surface area contributed by atoms with E-state index in [1.54, 1.807) is 0 Å². The van der Waals surface area contributed by atoms with Crippen molar-refractivity contribution in [1.29, 1.82) is 0 Å². The molecule has 0 radical (unpaired) electrons. The van der Waals surface area contributed by atoms with E-state index < -0.39 is 12.3 Å². The van der Waals surface area contributed by atoms with E-state index >= 15 is 0 Å². The van der Waals surface area contributed by atoms with Crippen molar-refractivity contribution < 1.29 is 22.7 Å². The molecule has 0 bridgehead atoms. The maximum atomic E-state index is 12.1. The van der Waals surface area contributed by atoms with Crippen molar-refractivity contribution in [3.8, 4) is 17.1 Å². The number of amides is 1. The van der Waals surface area contributed by atoms with E-state index in [2.05, 4.69) is 25.5 Å². The van der Waals surface area contributed by atoms with E-state index in [4.69, 9.17) is 0 Å². The number of carbonyl (C=O) groups is 1. The number of anilines is 1. The molecule has 0 spiro atoms. The van der Waals surface area contributed by atoms with Crippen LogP contribution in [0.5, 0.6) is 5.75 Å². The molecule has 10 heteroatoms. The second kappa shape index (κ2) is 7.21. The molecule has 0 atom stereocenters. The summed E-state index contributed by atoms with van der Waals surface area (Å²) in [6.45, 7) is -0.194. The van der Waals surface area contributed by atoms with E-state index in [1.807, 2.05) is 30.3 Å². The number of hydrogen-bond donors (Lipinski definition) is 1. The molecule has 3 aromatic rings. The molecule has 1 heterocycles. The number of tetrazole rings is 1. The van der Waals surface area contributed by atoms with Crippen molar-refractivity contribution in [2.24, 2.45) is 0 Å². The van der Waals surface area contributed by atoms with Crippen LogP contribution in [-0.2, 0) is 11.3 Å². The second-order valence-electron chi connectivity index (χ2n) is 5.13. The SMILES string of the molecule is O=C(Cn1nnc(-c2ccccc2)n1)Nc1ccc(OC(F)(F)F)cc1. The third-order valence-corrected chi connectivity index (χ3v) is 3.14. The Morgan fingerprint density at radius 2 is 1.77 bits per heavy atom. The van der Waals surface area contributed by atoms with Crippen molar-refractivity contribution >= 4 is 11.6 Å². The zero-order valence-corrected chi connectivity index (χ0v) is 13.1. The summed E-state index contributed by atoms with van der Waals surface area (Å²) < 4.78 is 40.1. The second-order valence-corrected chi connectivity index (χ2v) is 5.13. The molecule has 26 heavy (non-hydrogen) atoms. The molecule has 0 saturated heterocycles. The Balaban J connectivity index is 1.58. The number of nitrogens with one attached hydrogen (secondary N) is 1. The van der Waals surface area contributed by atoms with E-state index in [1.165, 1.54) is 12.1 Å². The van der Waals surface area contributed by atoms with Gasteiger partial charge in [-0.2, -0.15) is 4.80 Å². The molecule has 0 fully saturated rings. The predicted molar refractivity (Wildman–Crippen MR) is 85.0 cm³/mol. The van der Waals surface area contributed by atoms with Crippen molar-refractivity contribution in [3.05, 3.63) is 54.6 Å². The fraction of sp³-hybridized carbons (Fsp3) is 0.125. The number of rotatable bonds is 5. The number of aromatic nitrogens is 4. The normalized spacial score (nSPS) is 11.2. The van der Waals surface area contributed by atoms with E-state index in [9.17, 15) is 18.0 Å². The van der Waals surface area contributed by atoms with E-state index in [0.717, 1.165) is 22.5 Å². The van der Waals surface area contributed by atoms with Gasteiger partial charge in [-0.05, 0) is 29.5 Å². The Bertz CT molecular complexity index is 879. The molecule has 0 unspecified atom stereocenters. The van der Waals surface area contributed by atoms with Gasteiger partial charge in [0.25, 0.3) is 0 Å². The molecule has 7 nitrogen and oxygen atoms in total. The number of hydrogen-bond acceptors (Lipinski definition) is 5. The van der Waals surface area contributed by atoms with Gasteiger partial charge in [0.1, 0.15) is 12.3 Å². The van der Waals surface area contributed by atoms with Crippen LogP contribution in [0.25, 0.3) is 11.4 Å². The quantitative estimate of drug-likeness (QED) is 0.754. The van der Waals surface area contributed by atoms with Crippen LogP contribution in [0.4, 0.5) is 18.9 Å². The van der Waals surface area contributed by atoms with Crippen LogP contribution < -0.4 is 10.1 Å². The summed E-state index contributed by atoms with van der Waals surface area (Å²) in [5.41, 5.74) is 1.08. The number of alkyl halides is 3. The monoisotopic (exact) mass is 363 g/mol. The standard InChI is InChI=1S/C16H12F3N5O2/c17-16(18,19)26-13-8-6-12(7-9-13)20-14(25)10-24-22-15(21-23-24)11-4-2-1-3-5-11/h1-9H,10H2,(H,20,25). The van der Waals surface area contributed by atoms with Gasteiger partial charge in [-0.15, -0.1) is 23.4 Å². The zero-order chi connectivity index (χ0) is 18.6. The van der Waals surface area contributed by atoms with Gasteiger partial charge in [-0.25, -0.2) is 0 Å². The van der Waals surface area contributed by atoms with Crippen LogP contribution in [0.15, 0.2) is 54.6 Å². The average molecular weight is 363 g/mol. The lowest BCUT2D eigenvalue weighted by Crippen LogP contribution is -2.20. The maximum absolute atomic E-state index is 12.1. The van der Waals surface area contributed by atoms with Crippen molar-refractivity contribution in [2.75, 3.05) is 5.32 Å². The van der Waals surface area contributed by atoms with Crippen molar-refractivity contribution in [2.45, 2.75) is 12.9 Å². The Labute approximate surface area is 145 Å². The lowest BCUT2D eigenvalue weighted by molar-refractivity contribution is -0.274. The smallest absolute Gasteiger partial charge is 0.406 e. The minimum absolute atomic E-state index is 0.194. The first-order chi connectivity index (χ1) is 12.4. The third kappa shape index (κ3) is 4.79. The molecule has 0 aliphatic carbocycles. The lowest BCUT2D eigenvalue weighted by Gasteiger charge is -2.09. The van der Waals surface area contributed by atoms with Gasteiger partial charge >= 0.3 is 6.36 Å². The highest BCUT2D eigenvalue weighted by atomic mass is 19.4. The molecule has 0 aliphatic rings. The van der Waals surface area contributed by atoms with Gasteiger partial charge in [0.05, 0.1) is 0 Å². The molecule has 0 saturated carbocycles. The number of nitrogens with zero attached hydrogens (tertiary/aromatic N) is 4. The summed E-state index contributed by atoms with van der Waals surface area (Å²) in [6, 6.07) is 13.9. The van der Waals surface area contributed by atoms with Crippen LogP contribution in [0.1, 0.15) is 0 Å². The molecular weight excluding hydrogens is 351 g/mol. The highest BCUT2D eigenvalue weighted by molar-refractivity contribution is 5.90. The minimum atomic E-state index is -4.76. The predicted octanol–water partition coefficient (Wildman–Crippen LogP) is 2.88. The largest absolute Gasteiger partial charge is 0.573 e. The Morgan fingerprint density at radius 3 is 2.42 bits per heavy atom. The maximum Gasteiger partial charge on any atom is 0.573 e. The van der Waals surface area contributed by atoms with Gasteiger partial charge in [-0.1, -0.05) is 30.3 Å². The number of ether oxygens (including phenoxy) is 1. The fourth-order valence-electron chi connectivity index (χ4n) is 2.08. The van der Waals surface area contributed by atoms with Gasteiger partial charge in [0, 0.05) is 11.3 Å². The highest BCUT2D eigenvalue weighted by Crippen LogP contribution is 2.23. The molecule has 2 aromatic carbocycles. The molecular formula is C16H12F3N5O2. The van der Waals surface area contributed by atoms with Crippen molar-refractivity contribution in [1.82, 2.24) is 20.2 Å². The Morgan fingerprint density at radius 1 is 1.08 bits per heavy atom. The summed E-state index contributed by atoms with van der Waals surface area (Å²) in [6.07, 6.45) is -4.76. The molecule has 3 rings (SSSR count). The lowest BCUT2D eigenvalue weighted by atomic mass is 10.2. The first-order valence-electron chi connectivity index (χ1n) is 7.38. The average Bonchev–Trinajstić information content (AvgIpc) is 3.04. The first-order valence-corrected chi connectivity index (χ1v) is 7.38. The summed E-state index contributed by atoms with van der Waals surface area (Å²) in [5, 5.41) is 14.3. The van der Waals surface area contributed by atoms with Crippen LogP contribution in [-0.4, -0.2) is 32.5 Å². The van der Waals surface area contributed by atoms with Gasteiger partial charge in [0.15, 0.2) is 0 Å². The number of carbonyl (C=O) groups excluding carboxylic acids is 1. The van der Waals surface area contributed by atoms with E-state index in [-0.39, 0.29) is 12.3 Å². The van der Waals surface area contributed by atoms with Crippen LogP contribution in [0.3, 0.4) is 0 Å². The summed E-state index contributed by atoms with van der Waals surface area (Å²) in [5.74, 6) is -0.445. The molecule has 1 amide bonds. The summed E-state index contributed by atoms with van der Waals surface area (Å²) in [7, 11) is 0.